The molecule has 0 aliphatic carbocycles. The number of hydrogen-bond donors (Lipinski definition) is 1. The third-order valence-electron chi connectivity index (χ3n) is 6.41. The van der Waals surface area contributed by atoms with E-state index < -0.39 is 28.5 Å². The first-order valence-corrected chi connectivity index (χ1v) is 14.9. The van der Waals surface area contributed by atoms with Crippen LogP contribution in [0.2, 0.25) is 5.02 Å². The first kappa shape index (κ1) is 30.2. The average Bonchev–Trinajstić information content (AvgIpc) is 2.93. The van der Waals surface area contributed by atoms with Gasteiger partial charge in [0, 0.05) is 18.1 Å². The monoisotopic (exact) mass is 569 g/mol. The van der Waals surface area contributed by atoms with Crippen molar-refractivity contribution in [3.8, 4) is 0 Å². The molecule has 0 fully saturated rings. The molecule has 0 unspecified atom stereocenters. The van der Waals surface area contributed by atoms with Gasteiger partial charge in [0.15, 0.2) is 0 Å². The summed E-state index contributed by atoms with van der Waals surface area (Å²) in [6.07, 6.45) is 2.12. The number of nitrogens with zero attached hydrogens (tertiary/aromatic N) is 2. The Morgan fingerprint density at radius 3 is 2.15 bits per heavy atom. The van der Waals surface area contributed by atoms with Crippen molar-refractivity contribution in [1.29, 1.82) is 0 Å². The Morgan fingerprint density at radius 1 is 0.923 bits per heavy atom. The maximum atomic E-state index is 14.0. The first-order chi connectivity index (χ1) is 18.7. The highest BCUT2D eigenvalue weighted by Gasteiger charge is 2.33. The van der Waals surface area contributed by atoms with E-state index in [2.05, 4.69) is 5.32 Å². The zero-order valence-corrected chi connectivity index (χ0v) is 24.2. The quantitative estimate of drug-likeness (QED) is 0.273. The van der Waals surface area contributed by atoms with E-state index in [1.165, 1.54) is 17.0 Å². The average molecular weight is 570 g/mol. The largest absolute Gasteiger partial charge is 0.354 e. The Balaban J connectivity index is 2.00. The SMILES string of the molecule is CCCCNC(=O)[C@@H](CC)N(Cc1ccc(Cl)cc1)C(=O)CN(c1ccccc1)S(=O)(=O)c1ccc(C)cc1. The van der Waals surface area contributed by atoms with Crippen LogP contribution in [0.25, 0.3) is 0 Å². The van der Waals surface area contributed by atoms with Crippen LogP contribution < -0.4 is 9.62 Å². The van der Waals surface area contributed by atoms with Gasteiger partial charge < -0.3 is 10.2 Å². The molecule has 9 heteroatoms. The minimum atomic E-state index is -4.08. The molecule has 0 saturated heterocycles. The maximum absolute atomic E-state index is 14.0. The van der Waals surface area contributed by atoms with Crippen LogP contribution in [-0.2, 0) is 26.2 Å². The summed E-state index contributed by atoms with van der Waals surface area (Å²) in [6.45, 7) is 5.92. The van der Waals surface area contributed by atoms with Crippen molar-refractivity contribution in [2.24, 2.45) is 0 Å². The molecule has 208 valence electrons. The zero-order chi connectivity index (χ0) is 28.4. The van der Waals surface area contributed by atoms with E-state index in [0.29, 0.717) is 23.7 Å². The summed E-state index contributed by atoms with van der Waals surface area (Å²) in [4.78, 5) is 28.7. The molecule has 3 rings (SSSR count). The van der Waals surface area contributed by atoms with Crippen molar-refractivity contribution in [1.82, 2.24) is 10.2 Å². The highest BCUT2D eigenvalue weighted by atomic mass is 35.5. The van der Waals surface area contributed by atoms with E-state index in [-0.39, 0.29) is 17.3 Å². The van der Waals surface area contributed by atoms with E-state index >= 15 is 0 Å². The number of hydrogen-bond acceptors (Lipinski definition) is 4. The van der Waals surface area contributed by atoms with Crippen molar-refractivity contribution in [2.75, 3.05) is 17.4 Å². The molecule has 0 aromatic heterocycles. The number of aryl methyl sites for hydroxylation is 1. The second kappa shape index (κ2) is 14.1. The molecular weight excluding hydrogens is 534 g/mol. The lowest BCUT2D eigenvalue weighted by atomic mass is 10.1. The van der Waals surface area contributed by atoms with Crippen LogP contribution in [0.1, 0.15) is 44.2 Å². The number of para-hydroxylation sites is 1. The van der Waals surface area contributed by atoms with Gasteiger partial charge in [-0.2, -0.15) is 0 Å². The molecule has 3 aromatic carbocycles. The number of sulfonamides is 1. The van der Waals surface area contributed by atoms with Gasteiger partial charge in [0.2, 0.25) is 11.8 Å². The summed E-state index contributed by atoms with van der Waals surface area (Å²) in [5, 5.41) is 3.48. The van der Waals surface area contributed by atoms with Gasteiger partial charge in [0.1, 0.15) is 12.6 Å². The van der Waals surface area contributed by atoms with Gasteiger partial charge in [-0.3, -0.25) is 13.9 Å². The second-order valence-electron chi connectivity index (χ2n) is 9.38. The number of carbonyl (C=O) groups excluding carboxylic acids is 2. The first-order valence-electron chi connectivity index (χ1n) is 13.1. The second-order valence-corrected chi connectivity index (χ2v) is 11.7. The molecule has 1 atom stereocenters. The van der Waals surface area contributed by atoms with Gasteiger partial charge in [-0.15, -0.1) is 0 Å². The van der Waals surface area contributed by atoms with Gasteiger partial charge in [-0.25, -0.2) is 8.42 Å². The number of anilines is 1. The van der Waals surface area contributed by atoms with Crippen molar-refractivity contribution in [3.63, 3.8) is 0 Å². The van der Waals surface area contributed by atoms with Crippen LogP contribution in [0.15, 0.2) is 83.8 Å². The highest BCUT2D eigenvalue weighted by Crippen LogP contribution is 2.25. The lowest BCUT2D eigenvalue weighted by Gasteiger charge is -2.33. The smallest absolute Gasteiger partial charge is 0.264 e. The summed E-state index contributed by atoms with van der Waals surface area (Å²) < 4.78 is 28.7. The number of amides is 2. The fraction of sp³-hybridized carbons (Fsp3) is 0.333. The van der Waals surface area contributed by atoms with Crippen LogP contribution in [0.4, 0.5) is 5.69 Å². The number of benzene rings is 3. The summed E-state index contributed by atoms with van der Waals surface area (Å²) in [7, 11) is -4.08. The molecule has 2 amide bonds. The number of unbranched alkanes of at least 4 members (excludes halogenated alkanes) is 1. The molecule has 0 saturated carbocycles. The van der Waals surface area contributed by atoms with Gasteiger partial charge >= 0.3 is 0 Å². The van der Waals surface area contributed by atoms with Gasteiger partial charge in [0.25, 0.3) is 10.0 Å². The minimum Gasteiger partial charge on any atom is -0.354 e. The van der Waals surface area contributed by atoms with Gasteiger partial charge in [-0.05, 0) is 61.7 Å². The topological polar surface area (TPSA) is 86.8 Å². The summed E-state index contributed by atoms with van der Waals surface area (Å²) in [5.41, 5.74) is 2.06. The van der Waals surface area contributed by atoms with Crippen molar-refractivity contribution < 1.29 is 18.0 Å². The lowest BCUT2D eigenvalue weighted by molar-refractivity contribution is -0.140. The van der Waals surface area contributed by atoms with Gasteiger partial charge in [-0.1, -0.05) is 79.9 Å². The lowest BCUT2D eigenvalue weighted by Crippen LogP contribution is -2.52. The molecule has 0 heterocycles. The molecule has 1 N–H and O–H groups in total. The van der Waals surface area contributed by atoms with Crippen LogP contribution in [-0.4, -0.2) is 44.3 Å². The standard InChI is InChI=1S/C30H36ClN3O4S/c1-4-6-20-32-30(36)28(5-2)33(21-24-14-16-25(31)17-15-24)29(35)22-34(26-10-8-7-9-11-26)39(37,38)27-18-12-23(3)13-19-27/h7-19,28H,4-6,20-22H2,1-3H3,(H,32,36)/t28-/m1/s1. The fourth-order valence-electron chi connectivity index (χ4n) is 4.17. The van der Waals surface area contributed by atoms with E-state index in [1.54, 1.807) is 66.7 Å². The van der Waals surface area contributed by atoms with Crippen LogP contribution in [0, 0.1) is 6.92 Å². The molecule has 0 aliphatic rings. The maximum Gasteiger partial charge on any atom is 0.264 e. The normalized spacial score (nSPS) is 12.0. The Hall–Kier alpha value is -3.36. The molecule has 0 radical (unpaired) electrons. The van der Waals surface area contributed by atoms with Crippen LogP contribution >= 0.6 is 11.6 Å². The summed E-state index contributed by atoms with van der Waals surface area (Å²) in [6, 6.07) is 21.3. The molecular formula is C30H36ClN3O4S. The van der Waals surface area contributed by atoms with Crippen LogP contribution in [0.5, 0.6) is 0 Å². The number of rotatable bonds is 13. The summed E-state index contributed by atoms with van der Waals surface area (Å²) in [5.74, 6) is -0.747. The Morgan fingerprint density at radius 2 is 1.56 bits per heavy atom. The zero-order valence-electron chi connectivity index (χ0n) is 22.6. The van der Waals surface area contributed by atoms with E-state index in [1.807, 2.05) is 20.8 Å². The Kier molecular flexibility index (Phi) is 10.9. The third-order valence-corrected chi connectivity index (χ3v) is 8.45. The molecule has 0 aliphatic heterocycles. The highest BCUT2D eigenvalue weighted by molar-refractivity contribution is 7.92. The van der Waals surface area contributed by atoms with E-state index in [0.717, 1.165) is 28.3 Å². The number of carbonyl (C=O) groups is 2. The third kappa shape index (κ3) is 8.07. The number of nitrogens with one attached hydrogen (secondary N) is 1. The molecule has 7 nitrogen and oxygen atoms in total. The molecule has 0 bridgehead atoms. The Labute approximate surface area is 236 Å². The predicted octanol–water partition coefficient (Wildman–Crippen LogP) is 5.57. The van der Waals surface area contributed by atoms with E-state index in [9.17, 15) is 18.0 Å². The van der Waals surface area contributed by atoms with Crippen molar-refractivity contribution >= 4 is 39.1 Å². The van der Waals surface area contributed by atoms with Crippen molar-refractivity contribution in [2.45, 2.75) is 57.5 Å². The van der Waals surface area contributed by atoms with Gasteiger partial charge in [0.05, 0.1) is 10.6 Å². The minimum absolute atomic E-state index is 0.0818. The molecule has 3 aromatic rings. The predicted molar refractivity (Wildman–Crippen MR) is 156 cm³/mol. The molecule has 39 heavy (non-hydrogen) atoms. The molecule has 0 spiro atoms. The van der Waals surface area contributed by atoms with Crippen LogP contribution in [0.3, 0.4) is 0 Å². The van der Waals surface area contributed by atoms with E-state index in [4.69, 9.17) is 11.6 Å². The Bertz CT molecular complexity index is 1330. The van der Waals surface area contributed by atoms with Crippen molar-refractivity contribution in [3.05, 3.63) is 95.0 Å². The fourth-order valence-corrected chi connectivity index (χ4v) is 5.71. The number of halogens is 1. The summed E-state index contributed by atoms with van der Waals surface area (Å²) >= 11 is 6.06.